The minimum Gasteiger partial charge on any atom is -0.497 e. The summed E-state index contributed by atoms with van der Waals surface area (Å²) in [6.45, 7) is 0. The summed E-state index contributed by atoms with van der Waals surface area (Å²) >= 11 is 0. The van der Waals surface area contributed by atoms with Crippen LogP contribution in [0.3, 0.4) is 0 Å². The maximum absolute atomic E-state index is 11.8. The summed E-state index contributed by atoms with van der Waals surface area (Å²) in [5.74, 6) is 0.343. The van der Waals surface area contributed by atoms with E-state index in [0.717, 1.165) is 5.56 Å². The third-order valence-corrected chi connectivity index (χ3v) is 2.80. The average molecular weight is 284 g/mol. The Balaban J connectivity index is 1.94. The second-order valence-corrected chi connectivity index (χ2v) is 4.35. The maximum Gasteiger partial charge on any atom is 0.365 e. The molecule has 5 heteroatoms. The third kappa shape index (κ3) is 4.35. The van der Waals surface area contributed by atoms with Crippen molar-refractivity contribution in [2.24, 2.45) is 10.9 Å². The van der Waals surface area contributed by atoms with Crippen molar-refractivity contribution < 1.29 is 14.4 Å². The van der Waals surface area contributed by atoms with Crippen molar-refractivity contribution in [2.75, 3.05) is 7.11 Å². The van der Waals surface area contributed by atoms with Crippen molar-refractivity contribution in [1.29, 1.82) is 0 Å². The van der Waals surface area contributed by atoms with E-state index in [1.54, 1.807) is 31.4 Å². The quantitative estimate of drug-likeness (QED) is 0.396. The lowest BCUT2D eigenvalue weighted by Gasteiger charge is -2.02. The molecular formula is C16H16N2O3. The largest absolute Gasteiger partial charge is 0.497 e. The highest BCUT2D eigenvalue weighted by atomic mass is 16.7. The molecule has 0 aliphatic rings. The monoisotopic (exact) mass is 284 g/mol. The number of hydrogen-bond acceptors (Lipinski definition) is 4. The van der Waals surface area contributed by atoms with E-state index in [9.17, 15) is 4.79 Å². The van der Waals surface area contributed by atoms with Gasteiger partial charge in [-0.3, -0.25) is 0 Å². The molecule has 21 heavy (non-hydrogen) atoms. The lowest BCUT2D eigenvalue weighted by molar-refractivity contribution is 0.0515. The standard InChI is InChI=1S/C16H16N2O3/c1-20-14-9-7-13(8-10-14)16(19)21-18-15(17)11-12-5-3-2-4-6-12/h2-10H,11H2,1H3,(H2,17,18). The van der Waals surface area contributed by atoms with Gasteiger partial charge in [0.2, 0.25) is 0 Å². The van der Waals surface area contributed by atoms with Crippen molar-refractivity contribution in [2.45, 2.75) is 6.42 Å². The first kappa shape index (κ1) is 14.6. The fourth-order valence-corrected chi connectivity index (χ4v) is 1.72. The number of nitrogens with zero attached hydrogens (tertiary/aromatic N) is 1. The third-order valence-electron chi connectivity index (χ3n) is 2.80. The van der Waals surface area contributed by atoms with Gasteiger partial charge in [-0.15, -0.1) is 0 Å². The number of carbonyl (C=O) groups is 1. The lowest BCUT2D eigenvalue weighted by Crippen LogP contribution is -2.16. The number of hydrogen-bond donors (Lipinski definition) is 1. The van der Waals surface area contributed by atoms with Crippen molar-refractivity contribution >= 4 is 11.8 Å². The van der Waals surface area contributed by atoms with Gasteiger partial charge in [0.15, 0.2) is 0 Å². The Hall–Kier alpha value is -2.82. The van der Waals surface area contributed by atoms with E-state index in [-0.39, 0.29) is 5.84 Å². The van der Waals surface area contributed by atoms with E-state index < -0.39 is 5.97 Å². The lowest BCUT2D eigenvalue weighted by atomic mass is 10.1. The van der Waals surface area contributed by atoms with Crippen molar-refractivity contribution in [3.05, 3.63) is 65.7 Å². The normalized spacial score (nSPS) is 11.0. The summed E-state index contributed by atoms with van der Waals surface area (Å²) in [4.78, 5) is 16.6. The zero-order valence-corrected chi connectivity index (χ0v) is 11.7. The van der Waals surface area contributed by atoms with Gasteiger partial charge < -0.3 is 15.3 Å². The molecule has 2 N–H and O–H groups in total. The van der Waals surface area contributed by atoms with Gasteiger partial charge in [-0.1, -0.05) is 35.5 Å². The van der Waals surface area contributed by atoms with Crippen LogP contribution < -0.4 is 10.5 Å². The molecule has 0 aromatic heterocycles. The Labute approximate surface area is 123 Å². The number of carbonyl (C=O) groups excluding carboxylic acids is 1. The number of rotatable bonds is 5. The topological polar surface area (TPSA) is 73.9 Å². The summed E-state index contributed by atoms with van der Waals surface area (Å²) in [6, 6.07) is 16.1. The van der Waals surface area contributed by atoms with Crippen LogP contribution in [0.25, 0.3) is 0 Å². The van der Waals surface area contributed by atoms with Gasteiger partial charge in [0, 0.05) is 6.42 Å². The first-order valence-corrected chi connectivity index (χ1v) is 6.40. The van der Waals surface area contributed by atoms with E-state index >= 15 is 0 Å². The van der Waals surface area contributed by atoms with Crippen LogP contribution in [0.5, 0.6) is 5.75 Å². The van der Waals surface area contributed by atoms with Crippen LogP contribution in [0, 0.1) is 0 Å². The molecule has 0 saturated carbocycles. The SMILES string of the molecule is COc1ccc(C(=O)O/N=C(/N)Cc2ccccc2)cc1. The highest BCUT2D eigenvalue weighted by molar-refractivity contribution is 5.90. The molecule has 0 unspecified atom stereocenters. The zero-order chi connectivity index (χ0) is 15.1. The van der Waals surface area contributed by atoms with Gasteiger partial charge in [-0.2, -0.15) is 0 Å². The number of nitrogens with two attached hydrogens (primary N) is 1. The predicted molar refractivity (Wildman–Crippen MR) is 80.2 cm³/mol. The van der Waals surface area contributed by atoms with Gasteiger partial charge in [0.1, 0.15) is 11.6 Å². The molecule has 0 amide bonds. The number of methoxy groups -OCH3 is 1. The van der Waals surface area contributed by atoms with Gasteiger partial charge in [-0.05, 0) is 29.8 Å². The van der Waals surface area contributed by atoms with Crippen LogP contribution in [0.15, 0.2) is 59.8 Å². The Morgan fingerprint density at radius 2 is 1.76 bits per heavy atom. The summed E-state index contributed by atoms with van der Waals surface area (Å²) in [7, 11) is 1.56. The van der Waals surface area contributed by atoms with E-state index in [0.29, 0.717) is 17.7 Å². The van der Waals surface area contributed by atoms with Crippen LogP contribution in [-0.4, -0.2) is 18.9 Å². The van der Waals surface area contributed by atoms with Crippen molar-refractivity contribution in [3.63, 3.8) is 0 Å². The molecule has 0 aliphatic carbocycles. The Bertz CT molecular complexity index is 622. The minimum absolute atomic E-state index is 0.239. The number of ether oxygens (including phenoxy) is 1. The summed E-state index contributed by atoms with van der Waals surface area (Å²) in [5, 5.41) is 3.65. The summed E-state index contributed by atoms with van der Waals surface area (Å²) in [6.07, 6.45) is 0.427. The van der Waals surface area contributed by atoms with Gasteiger partial charge in [0.25, 0.3) is 0 Å². The zero-order valence-electron chi connectivity index (χ0n) is 11.7. The smallest absolute Gasteiger partial charge is 0.365 e. The molecule has 0 bridgehead atoms. The Kier molecular flexibility index (Phi) is 4.93. The molecule has 0 fully saturated rings. The average Bonchev–Trinajstić information content (AvgIpc) is 2.53. The maximum atomic E-state index is 11.8. The van der Waals surface area contributed by atoms with Gasteiger partial charge >= 0.3 is 5.97 Å². The van der Waals surface area contributed by atoms with E-state index in [4.69, 9.17) is 15.3 Å². The first-order valence-electron chi connectivity index (χ1n) is 6.40. The molecule has 0 radical (unpaired) electrons. The van der Waals surface area contributed by atoms with E-state index in [1.165, 1.54) is 0 Å². The van der Waals surface area contributed by atoms with Crippen LogP contribution in [0.4, 0.5) is 0 Å². The molecule has 0 atom stereocenters. The fraction of sp³-hybridized carbons (Fsp3) is 0.125. The molecule has 0 saturated heterocycles. The number of benzene rings is 2. The molecule has 0 spiro atoms. The molecule has 2 rings (SSSR count). The molecule has 2 aromatic carbocycles. The summed E-state index contributed by atoms with van der Waals surface area (Å²) in [5.41, 5.74) is 7.11. The van der Waals surface area contributed by atoms with Crippen molar-refractivity contribution in [3.8, 4) is 5.75 Å². The Morgan fingerprint density at radius 1 is 1.10 bits per heavy atom. The summed E-state index contributed by atoms with van der Waals surface area (Å²) < 4.78 is 5.01. The molecule has 0 aliphatic heterocycles. The number of amidine groups is 1. The second-order valence-electron chi connectivity index (χ2n) is 4.35. The molecule has 2 aromatic rings. The molecule has 5 nitrogen and oxygen atoms in total. The fourth-order valence-electron chi connectivity index (χ4n) is 1.72. The van der Waals surface area contributed by atoms with Crippen LogP contribution in [0.2, 0.25) is 0 Å². The predicted octanol–water partition coefficient (Wildman–Crippen LogP) is 2.37. The van der Waals surface area contributed by atoms with Crippen LogP contribution >= 0.6 is 0 Å². The van der Waals surface area contributed by atoms with Gasteiger partial charge in [0.05, 0.1) is 12.7 Å². The van der Waals surface area contributed by atoms with Gasteiger partial charge in [-0.25, -0.2) is 4.79 Å². The van der Waals surface area contributed by atoms with Crippen LogP contribution in [0.1, 0.15) is 15.9 Å². The number of oxime groups is 1. The highest BCUT2D eigenvalue weighted by Gasteiger charge is 2.07. The molecule has 108 valence electrons. The van der Waals surface area contributed by atoms with Crippen LogP contribution in [-0.2, 0) is 11.3 Å². The van der Waals surface area contributed by atoms with E-state index in [2.05, 4.69) is 5.16 Å². The van der Waals surface area contributed by atoms with E-state index in [1.807, 2.05) is 30.3 Å². The minimum atomic E-state index is -0.561. The molecule has 0 heterocycles. The first-order chi connectivity index (χ1) is 10.2. The van der Waals surface area contributed by atoms with Crippen molar-refractivity contribution in [1.82, 2.24) is 0 Å². The Morgan fingerprint density at radius 3 is 2.38 bits per heavy atom. The molecular weight excluding hydrogens is 268 g/mol. The highest BCUT2D eigenvalue weighted by Crippen LogP contribution is 2.12. The second kappa shape index (κ2) is 7.09.